The number of rotatable bonds is 10. The van der Waals surface area contributed by atoms with Crippen molar-refractivity contribution < 1.29 is 9.84 Å². The Morgan fingerprint density at radius 1 is 1.25 bits per heavy atom. The van der Waals surface area contributed by atoms with Crippen LogP contribution in [0.4, 0.5) is 0 Å². The first kappa shape index (κ1) is 20.2. The van der Waals surface area contributed by atoms with Crippen LogP contribution in [0.5, 0.6) is 5.88 Å². The van der Waals surface area contributed by atoms with E-state index in [0.717, 1.165) is 37.8 Å². The first-order valence-electron chi connectivity index (χ1n) is 8.81. The van der Waals surface area contributed by atoms with Gasteiger partial charge in [-0.3, -0.25) is 0 Å². The van der Waals surface area contributed by atoms with Crippen molar-refractivity contribution in [2.75, 3.05) is 20.2 Å². The molecule has 0 unspecified atom stereocenters. The van der Waals surface area contributed by atoms with Gasteiger partial charge in [-0.25, -0.2) is 9.98 Å². The molecule has 1 heterocycles. The van der Waals surface area contributed by atoms with Crippen LogP contribution < -0.4 is 15.4 Å². The van der Waals surface area contributed by atoms with Gasteiger partial charge in [0.25, 0.3) is 0 Å². The zero-order valence-electron chi connectivity index (χ0n) is 15.4. The van der Waals surface area contributed by atoms with Crippen molar-refractivity contribution in [3.63, 3.8) is 0 Å². The van der Waals surface area contributed by atoms with E-state index in [9.17, 15) is 5.11 Å². The third-order valence-electron chi connectivity index (χ3n) is 3.81. The number of hydrogen-bond acceptors (Lipinski definition) is 4. The van der Waals surface area contributed by atoms with Crippen LogP contribution in [0, 0.1) is 0 Å². The first-order valence-corrected chi connectivity index (χ1v) is 8.81. The van der Waals surface area contributed by atoms with Crippen molar-refractivity contribution in [3.05, 3.63) is 23.9 Å². The predicted octanol–water partition coefficient (Wildman–Crippen LogP) is 2.48. The molecular formula is C18H32N4O2. The van der Waals surface area contributed by atoms with Crippen LogP contribution in [0.25, 0.3) is 0 Å². The average molecular weight is 336 g/mol. The highest BCUT2D eigenvalue weighted by Gasteiger charge is 2.24. The molecular weight excluding hydrogens is 304 g/mol. The lowest BCUT2D eigenvalue weighted by Crippen LogP contribution is -2.47. The lowest BCUT2D eigenvalue weighted by molar-refractivity contribution is 0.0257. The van der Waals surface area contributed by atoms with E-state index in [4.69, 9.17) is 4.74 Å². The number of nitrogens with zero attached hydrogens (tertiary/aromatic N) is 2. The molecule has 0 amide bonds. The molecule has 3 N–H and O–H groups in total. The monoisotopic (exact) mass is 336 g/mol. The Morgan fingerprint density at radius 2 is 1.96 bits per heavy atom. The van der Waals surface area contributed by atoms with Crippen LogP contribution in [-0.2, 0) is 6.54 Å². The lowest BCUT2D eigenvalue weighted by Gasteiger charge is -2.28. The summed E-state index contributed by atoms with van der Waals surface area (Å²) in [6.45, 7) is 7.92. The second-order valence-electron chi connectivity index (χ2n) is 5.94. The van der Waals surface area contributed by atoms with Gasteiger partial charge in [-0.2, -0.15) is 0 Å². The molecule has 0 aliphatic carbocycles. The maximum absolute atomic E-state index is 10.7. The molecule has 0 spiro atoms. The highest BCUT2D eigenvalue weighted by atomic mass is 16.5. The second-order valence-corrected chi connectivity index (χ2v) is 5.94. The van der Waals surface area contributed by atoms with Gasteiger partial charge in [-0.1, -0.05) is 32.8 Å². The van der Waals surface area contributed by atoms with Gasteiger partial charge >= 0.3 is 0 Å². The minimum absolute atomic E-state index is 0.465. The Hall–Kier alpha value is -1.82. The van der Waals surface area contributed by atoms with Crippen LogP contribution in [0.3, 0.4) is 0 Å². The normalized spacial score (nSPS) is 12.1. The average Bonchev–Trinajstić information content (AvgIpc) is 2.58. The van der Waals surface area contributed by atoms with Crippen molar-refractivity contribution in [3.8, 4) is 5.88 Å². The van der Waals surface area contributed by atoms with Crippen molar-refractivity contribution >= 4 is 5.96 Å². The van der Waals surface area contributed by atoms with Gasteiger partial charge in [0.05, 0.1) is 19.3 Å². The van der Waals surface area contributed by atoms with Crippen LogP contribution in [0.2, 0.25) is 0 Å². The smallest absolute Gasteiger partial charge is 0.218 e. The van der Waals surface area contributed by atoms with E-state index in [0.29, 0.717) is 24.9 Å². The second kappa shape index (κ2) is 10.9. The summed E-state index contributed by atoms with van der Waals surface area (Å²) in [5, 5.41) is 17.2. The van der Waals surface area contributed by atoms with Gasteiger partial charge in [-0.05, 0) is 25.8 Å². The Labute approximate surface area is 145 Å². The van der Waals surface area contributed by atoms with Crippen molar-refractivity contribution in [1.82, 2.24) is 15.6 Å². The van der Waals surface area contributed by atoms with Crippen molar-refractivity contribution in [2.45, 2.75) is 58.6 Å². The molecule has 0 fully saturated rings. The highest BCUT2D eigenvalue weighted by Crippen LogP contribution is 2.18. The number of ether oxygens (including phenoxy) is 1. The fourth-order valence-corrected chi connectivity index (χ4v) is 2.71. The maximum atomic E-state index is 10.7. The topological polar surface area (TPSA) is 78.8 Å². The molecule has 0 saturated heterocycles. The van der Waals surface area contributed by atoms with E-state index in [1.165, 1.54) is 0 Å². The molecule has 1 rings (SSSR count). The number of pyridine rings is 1. The Bertz CT molecular complexity index is 500. The van der Waals surface area contributed by atoms with Crippen molar-refractivity contribution in [2.24, 2.45) is 4.99 Å². The van der Waals surface area contributed by atoms with Crippen molar-refractivity contribution in [1.29, 1.82) is 0 Å². The highest BCUT2D eigenvalue weighted by molar-refractivity contribution is 5.79. The number of nitrogens with one attached hydrogen (secondary N) is 2. The third kappa shape index (κ3) is 6.74. The number of aromatic nitrogens is 1. The minimum atomic E-state index is -0.689. The summed E-state index contributed by atoms with van der Waals surface area (Å²) in [5.41, 5.74) is 0.237. The summed E-state index contributed by atoms with van der Waals surface area (Å²) >= 11 is 0. The lowest BCUT2D eigenvalue weighted by atomic mass is 9.93. The Morgan fingerprint density at radius 3 is 2.54 bits per heavy atom. The van der Waals surface area contributed by atoms with Gasteiger partial charge in [0, 0.05) is 24.8 Å². The van der Waals surface area contributed by atoms with Gasteiger partial charge < -0.3 is 20.5 Å². The largest absolute Gasteiger partial charge is 0.481 e. The van der Waals surface area contributed by atoms with E-state index >= 15 is 0 Å². The summed E-state index contributed by atoms with van der Waals surface area (Å²) in [5.74, 6) is 1.28. The number of hydrogen-bond donors (Lipinski definition) is 3. The summed E-state index contributed by atoms with van der Waals surface area (Å²) in [4.78, 5) is 8.76. The first-order chi connectivity index (χ1) is 11.6. The molecule has 0 aliphatic heterocycles. The molecule has 0 atom stereocenters. The quantitative estimate of drug-likeness (QED) is 0.452. The molecule has 0 aliphatic rings. The summed E-state index contributed by atoms with van der Waals surface area (Å²) in [6, 6.07) is 3.82. The molecule has 1 aromatic heterocycles. The molecule has 6 heteroatoms. The van der Waals surface area contributed by atoms with E-state index < -0.39 is 5.60 Å². The fourth-order valence-electron chi connectivity index (χ4n) is 2.71. The number of aliphatic hydroxyl groups is 1. The molecule has 0 radical (unpaired) electrons. The van der Waals surface area contributed by atoms with Gasteiger partial charge in [0.1, 0.15) is 0 Å². The summed E-state index contributed by atoms with van der Waals surface area (Å²) in [6.07, 6.45) is 5.18. The predicted molar refractivity (Wildman–Crippen MR) is 98.4 cm³/mol. The zero-order chi connectivity index (χ0) is 17.8. The molecule has 6 nitrogen and oxygen atoms in total. The third-order valence-corrected chi connectivity index (χ3v) is 3.81. The van der Waals surface area contributed by atoms with Crippen LogP contribution >= 0.6 is 0 Å². The summed E-state index contributed by atoms with van der Waals surface area (Å²) < 4.78 is 5.25. The SMILES string of the molecule is CCCC(O)(CCC)CNC(=NCc1cccnc1OC)NCC. The van der Waals surface area contributed by atoms with Gasteiger partial charge in [0.2, 0.25) is 5.88 Å². The number of methoxy groups -OCH3 is 1. The molecule has 0 saturated carbocycles. The fraction of sp³-hybridized carbons (Fsp3) is 0.667. The maximum Gasteiger partial charge on any atom is 0.218 e. The van der Waals surface area contributed by atoms with E-state index in [-0.39, 0.29) is 0 Å². The van der Waals surface area contributed by atoms with E-state index in [2.05, 4.69) is 34.5 Å². The van der Waals surface area contributed by atoms with Crippen LogP contribution in [0.15, 0.2) is 23.3 Å². The van der Waals surface area contributed by atoms with Gasteiger partial charge in [-0.15, -0.1) is 0 Å². The van der Waals surface area contributed by atoms with Crippen LogP contribution in [-0.4, -0.2) is 41.9 Å². The molecule has 136 valence electrons. The Balaban J connectivity index is 2.74. The van der Waals surface area contributed by atoms with Crippen LogP contribution in [0.1, 0.15) is 52.0 Å². The standard InChI is InChI=1S/C18H32N4O2/c1-5-10-18(23,11-6-2)14-22-17(19-7-3)21-13-15-9-8-12-20-16(15)24-4/h8-9,12,23H,5-7,10-11,13-14H2,1-4H3,(H2,19,21,22). The van der Waals surface area contributed by atoms with Gasteiger partial charge in [0.15, 0.2) is 5.96 Å². The molecule has 0 bridgehead atoms. The molecule has 24 heavy (non-hydrogen) atoms. The zero-order valence-corrected chi connectivity index (χ0v) is 15.4. The van der Waals surface area contributed by atoms with E-state index in [1.807, 2.05) is 19.1 Å². The molecule has 0 aromatic carbocycles. The summed E-state index contributed by atoms with van der Waals surface area (Å²) in [7, 11) is 1.61. The Kier molecular flexibility index (Phi) is 9.15. The number of guanidine groups is 1. The van der Waals surface area contributed by atoms with E-state index in [1.54, 1.807) is 13.3 Å². The minimum Gasteiger partial charge on any atom is -0.481 e. The molecule has 1 aromatic rings. The number of aliphatic imine (C=N–C) groups is 1.